The van der Waals surface area contributed by atoms with Crippen molar-refractivity contribution in [2.45, 2.75) is 20.5 Å². The Bertz CT molecular complexity index is 504. The van der Waals surface area contributed by atoms with Gasteiger partial charge in [-0.05, 0) is 19.4 Å². The van der Waals surface area contributed by atoms with Crippen LogP contribution in [0.3, 0.4) is 0 Å². The van der Waals surface area contributed by atoms with Crippen molar-refractivity contribution >= 4 is 23.0 Å². The molecule has 0 amide bonds. The van der Waals surface area contributed by atoms with Crippen LogP contribution in [0, 0.1) is 27.2 Å². The highest BCUT2D eigenvalue weighted by Crippen LogP contribution is 2.38. The smallest absolute Gasteiger partial charge is 0.298 e. The van der Waals surface area contributed by atoms with Crippen LogP contribution in [0.1, 0.15) is 18.1 Å². The van der Waals surface area contributed by atoms with Gasteiger partial charge in [-0.3, -0.25) is 20.2 Å². The summed E-state index contributed by atoms with van der Waals surface area (Å²) in [5, 5.41) is 21.2. The lowest BCUT2D eigenvalue weighted by Gasteiger charge is -2.08. The zero-order valence-electron chi connectivity index (χ0n) is 9.81. The second kappa shape index (κ2) is 5.74. The Labute approximate surface area is 108 Å². The molecule has 0 saturated heterocycles. The van der Waals surface area contributed by atoms with E-state index in [2.05, 4.69) is 0 Å². The van der Waals surface area contributed by atoms with Gasteiger partial charge in [-0.25, -0.2) is 0 Å². The molecule has 7 nitrogen and oxygen atoms in total. The summed E-state index contributed by atoms with van der Waals surface area (Å²) in [6.45, 7) is 3.72. The van der Waals surface area contributed by atoms with Crippen LogP contribution < -0.4 is 0 Å². The number of hydrogen-bond donors (Lipinski definition) is 0. The van der Waals surface area contributed by atoms with Crippen molar-refractivity contribution in [1.82, 2.24) is 0 Å². The summed E-state index contributed by atoms with van der Waals surface area (Å²) in [5.41, 5.74) is -0.257. The molecule has 0 aliphatic heterocycles. The predicted molar refractivity (Wildman–Crippen MR) is 64.8 cm³/mol. The number of nitrogens with zero attached hydrogens (tertiary/aromatic N) is 2. The van der Waals surface area contributed by atoms with E-state index in [4.69, 9.17) is 16.3 Å². The van der Waals surface area contributed by atoms with Gasteiger partial charge in [0.05, 0.1) is 16.5 Å². The molecule has 98 valence electrons. The maximum atomic E-state index is 10.9. The molecular formula is C10H11ClN2O5. The maximum absolute atomic E-state index is 10.9. The number of nitro benzene ring substituents is 2. The second-order valence-electron chi connectivity index (χ2n) is 3.49. The molecule has 0 spiro atoms. The highest BCUT2D eigenvalue weighted by molar-refractivity contribution is 6.35. The van der Waals surface area contributed by atoms with Crippen LogP contribution in [0.5, 0.6) is 0 Å². The molecule has 0 radical (unpaired) electrons. The molecular weight excluding hydrogens is 264 g/mol. The van der Waals surface area contributed by atoms with Crippen molar-refractivity contribution in [2.24, 2.45) is 0 Å². The molecule has 8 heteroatoms. The Kier molecular flexibility index (Phi) is 4.57. The van der Waals surface area contributed by atoms with Crippen LogP contribution >= 0.6 is 11.6 Å². The van der Waals surface area contributed by atoms with Gasteiger partial charge in [0.2, 0.25) is 0 Å². The third kappa shape index (κ3) is 2.74. The van der Waals surface area contributed by atoms with Gasteiger partial charge in [-0.1, -0.05) is 11.6 Å². The first-order chi connectivity index (χ1) is 8.40. The van der Waals surface area contributed by atoms with Gasteiger partial charge in [0.15, 0.2) is 5.02 Å². The van der Waals surface area contributed by atoms with Crippen LogP contribution in [0.25, 0.3) is 0 Å². The molecule has 0 aliphatic rings. The monoisotopic (exact) mass is 274 g/mol. The summed E-state index contributed by atoms with van der Waals surface area (Å²) < 4.78 is 5.12. The summed E-state index contributed by atoms with van der Waals surface area (Å²) in [7, 11) is 0. The number of ether oxygens (including phenoxy) is 1. The minimum absolute atomic E-state index is 0.0706. The zero-order valence-corrected chi connectivity index (χ0v) is 10.6. The lowest BCUT2D eigenvalue weighted by atomic mass is 10.1. The van der Waals surface area contributed by atoms with E-state index < -0.39 is 26.2 Å². The molecule has 0 heterocycles. The Morgan fingerprint density at radius 1 is 1.33 bits per heavy atom. The van der Waals surface area contributed by atoms with E-state index in [-0.39, 0.29) is 12.2 Å². The number of nitro groups is 2. The quantitative estimate of drug-likeness (QED) is 0.607. The van der Waals surface area contributed by atoms with E-state index in [0.29, 0.717) is 12.2 Å². The second-order valence-corrected chi connectivity index (χ2v) is 3.87. The third-order valence-electron chi connectivity index (χ3n) is 2.42. The molecule has 1 aromatic rings. The van der Waals surface area contributed by atoms with Crippen LogP contribution in [-0.4, -0.2) is 16.5 Å². The van der Waals surface area contributed by atoms with E-state index in [1.54, 1.807) is 6.92 Å². The Morgan fingerprint density at radius 3 is 2.39 bits per heavy atom. The maximum Gasteiger partial charge on any atom is 0.298 e. The van der Waals surface area contributed by atoms with Crippen LogP contribution in [0.2, 0.25) is 5.02 Å². The normalized spacial score (nSPS) is 10.4. The molecule has 0 fully saturated rings. The van der Waals surface area contributed by atoms with Crippen molar-refractivity contribution in [3.8, 4) is 0 Å². The molecule has 0 aromatic heterocycles. The topological polar surface area (TPSA) is 95.5 Å². The minimum atomic E-state index is -0.746. The van der Waals surface area contributed by atoms with Crippen molar-refractivity contribution in [2.75, 3.05) is 6.61 Å². The summed E-state index contributed by atoms with van der Waals surface area (Å²) >= 11 is 5.69. The molecule has 0 unspecified atom stereocenters. The van der Waals surface area contributed by atoms with Crippen LogP contribution in [-0.2, 0) is 11.3 Å². The van der Waals surface area contributed by atoms with E-state index in [1.807, 2.05) is 0 Å². The van der Waals surface area contributed by atoms with Crippen molar-refractivity contribution < 1.29 is 14.6 Å². The highest BCUT2D eigenvalue weighted by atomic mass is 35.5. The van der Waals surface area contributed by atoms with E-state index in [9.17, 15) is 20.2 Å². The molecule has 0 N–H and O–H groups in total. The summed E-state index contributed by atoms with van der Waals surface area (Å²) in [6, 6.07) is 1.21. The number of halogens is 1. The fraction of sp³-hybridized carbons (Fsp3) is 0.400. The summed E-state index contributed by atoms with van der Waals surface area (Å²) in [4.78, 5) is 20.2. The predicted octanol–water partition coefficient (Wildman–Crippen LogP) is 3.00. The SMILES string of the molecule is CCOCc1cc([N+](=O)[O-])c(Cl)c([N+](=O)[O-])c1C. The zero-order chi connectivity index (χ0) is 13.9. The minimum Gasteiger partial charge on any atom is -0.377 e. The summed E-state index contributed by atoms with van der Waals surface area (Å²) in [6.07, 6.45) is 0. The first kappa shape index (κ1) is 14.3. The van der Waals surface area contributed by atoms with Crippen molar-refractivity contribution in [1.29, 1.82) is 0 Å². The van der Waals surface area contributed by atoms with E-state index >= 15 is 0 Å². The van der Waals surface area contributed by atoms with Crippen molar-refractivity contribution in [3.05, 3.63) is 42.4 Å². The van der Waals surface area contributed by atoms with Gasteiger partial charge in [0.1, 0.15) is 0 Å². The highest BCUT2D eigenvalue weighted by Gasteiger charge is 2.28. The molecule has 0 bridgehead atoms. The lowest BCUT2D eigenvalue weighted by molar-refractivity contribution is -0.394. The van der Waals surface area contributed by atoms with Crippen LogP contribution in [0.15, 0.2) is 6.07 Å². The van der Waals surface area contributed by atoms with Crippen LogP contribution in [0.4, 0.5) is 11.4 Å². The molecule has 1 aromatic carbocycles. The average molecular weight is 275 g/mol. The Hall–Kier alpha value is -1.73. The standard InChI is InChI=1S/C10H11ClN2O5/c1-3-18-5-7-4-8(12(14)15)9(11)10(6(7)2)13(16)17/h4H,3,5H2,1-2H3. The van der Waals surface area contributed by atoms with Gasteiger partial charge in [-0.2, -0.15) is 0 Å². The average Bonchev–Trinajstić information content (AvgIpc) is 2.27. The van der Waals surface area contributed by atoms with Gasteiger partial charge >= 0.3 is 0 Å². The third-order valence-corrected chi connectivity index (χ3v) is 2.79. The number of benzene rings is 1. The molecule has 18 heavy (non-hydrogen) atoms. The summed E-state index contributed by atoms with van der Waals surface area (Å²) in [5.74, 6) is 0. The fourth-order valence-electron chi connectivity index (χ4n) is 1.49. The van der Waals surface area contributed by atoms with E-state index in [0.717, 1.165) is 0 Å². The number of rotatable bonds is 5. The molecule has 0 aliphatic carbocycles. The largest absolute Gasteiger partial charge is 0.377 e. The molecule has 1 rings (SSSR count). The van der Waals surface area contributed by atoms with Gasteiger partial charge in [0, 0.05) is 18.2 Å². The van der Waals surface area contributed by atoms with Gasteiger partial charge in [-0.15, -0.1) is 0 Å². The lowest BCUT2D eigenvalue weighted by Crippen LogP contribution is -2.03. The first-order valence-electron chi connectivity index (χ1n) is 5.08. The Morgan fingerprint density at radius 2 is 1.94 bits per heavy atom. The fourth-order valence-corrected chi connectivity index (χ4v) is 1.82. The van der Waals surface area contributed by atoms with E-state index in [1.165, 1.54) is 13.0 Å². The Balaban J connectivity index is 3.45. The van der Waals surface area contributed by atoms with Crippen molar-refractivity contribution in [3.63, 3.8) is 0 Å². The molecule has 0 saturated carbocycles. The van der Waals surface area contributed by atoms with Gasteiger partial charge < -0.3 is 4.74 Å². The first-order valence-corrected chi connectivity index (χ1v) is 5.46. The number of hydrogen-bond acceptors (Lipinski definition) is 5. The molecule has 0 atom stereocenters. The van der Waals surface area contributed by atoms with Gasteiger partial charge in [0.25, 0.3) is 11.4 Å².